The summed E-state index contributed by atoms with van der Waals surface area (Å²) in [4.78, 5) is 65.0. The summed E-state index contributed by atoms with van der Waals surface area (Å²) in [6, 6.07) is 10.2. The van der Waals surface area contributed by atoms with Crippen molar-refractivity contribution in [1.82, 2.24) is 0 Å². The lowest BCUT2D eigenvalue weighted by Gasteiger charge is -2.27. The van der Waals surface area contributed by atoms with Crippen molar-refractivity contribution >= 4 is 24.2 Å². The molecule has 0 aliphatic heterocycles. The van der Waals surface area contributed by atoms with Crippen LogP contribution in [0.15, 0.2) is 36.4 Å². The van der Waals surface area contributed by atoms with E-state index in [4.69, 9.17) is 9.47 Å². The molecule has 1 aliphatic carbocycles. The van der Waals surface area contributed by atoms with Crippen LogP contribution in [0.3, 0.4) is 0 Å². The summed E-state index contributed by atoms with van der Waals surface area (Å²) in [7, 11) is 0. The number of benzene rings is 2. The van der Waals surface area contributed by atoms with Crippen molar-refractivity contribution in [2.45, 2.75) is 53.4 Å². The average molecular weight is 561 g/mol. The van der Waals surface area contributed by atoms with Gasteiger partial charge in [-0.2, -0.15) is 0 Å². The number of aryl methyl sites for hydroxylation is 4. The van der Waals surface area contributed by atoms with Crippen LogP contribution >= 0.6 is 0 Å². The maximum Gasteiger partial charge on any atom is 0.543 e. The fourth-order valence-electron chi connectivity index (χ4n) is 4.42. The lowest BCUT2D eigenvalue weighted by molar-refractivity contribution is -0.452. The topological polar surface area (TPSA) is 142 Å². The van der Waals surface area contributed by atoms with Gasteiger partial charge in [0.15, 0.2) is 0 Å². The Morgan fingerprint density at radius 1 is 0.550 bits per heavy atom. The molecule has 0 amide bonds. The first-order chi connectivity index (χ1) is 19.1. The Hall–Kier alpha value is -4.16. The second kappa shape index (κ2) is 14.8. The van der Waals surface area contributed by atoms with Gasteiger partial charge in [0.2, 0.25) is 0 Å². The normalized spacial score (nSPS) is 16.4. The van der Waals surface area contributed by atoms with Crippen LogP contribution in [0, 0.1) is 39.5 Å². The molecule has 0 saturated heterocycles. The second-order valence-electron chi connectivity index (χ2n) is 9.81. The van der Waals surface area contributed by atoms with Crippen LogP contribution < -0.4 is 0 Å². The van der Waals surface area contributed by atoms with Gasteiger partial charge in [0.05, 0.1) is 34.4 Å². The summed E-state index contributed by atoms with van der Waals surface area (Å²) in [6.45, 7) is 7.50. The number of hydrogen-bond acceptors (Lipinski definition) is 12. The number of rotatable bonds is 10. The number of carbonyl (C=O) groups is 4. The number of ether oxygens (including phenoxy) is 2. The zero-order chi connectivity index (χ0) is 29.1. The van der Waals surface area contributed by atoms with Gasteiger partial charge in [-0.15, -0.1) is 0 Å². The van der Waals surface area contributed by atoms with E-state index in [0.717, 1.165) is 22.3 Å². The molecule has 0 aromatic heterocycles. The molecule has 0 atom stereocenters. The molecular formula is C28H32O12. The zero-order valence-corrected chi connectivity index (χ0v) is 22.8. The van der Waals surface area contributed by atoms with Crippen molar-refractivity contribution in [2.75, 3.05) is 13.2 Å². The molecule has 0 heterocycles. The van der Waals surface area contributed by atoms with Gasteiger partial charge in [-0.05, 0) is 89.5 Å². The Balaban J connectivity index is 1.23. The molecule has 1 fully saturated rings. The monoisotopic (exact) mass is 560 g/mol. The van der Waals surface area contributed by atoms with Crippen LogP contribution in [0.4, 0.5) is 9.59 Å². The minimum Gasteiger partial charge on any atom is -0.432 e. The van der Waals surface area contributed by atoms with E-state index >= 15 is 0 Å². The third-order valence-corrected chi connectivity index (χ3v) is 6.18. The van der Waals surface area contributed by atoms with Gasteiger partial charge in [-0.25, -0.2) is 29.0 Å². The van der Waals surface area contributed by atoms with Gasteiger partial charge < -0.3 is 9.47 Å². The zero-order valence-electron chi connectivity index (χ0n) is 22.8. The quantitative estimate of drug-likeness (QED) is 0.199. The van der Waals surface area contributed by atoms with Gasteiger partial charge in [-0.3, -0.25) is 9.78 Å². The molecule has 2 aromatic rings. The van der Waals surface area contributed by atoms with E-state index in [9.17, 15) is 19.2 Å². The van der Waals surface area contributed by atoms with Crippen LogP contribution in [0.5, 0.6) is 0 Å². The summed E-state index contributed by atoms with van der Waals surface area (Å²) >= 11 is 0. The third kappa shape index (κ3) is 10.2. The summed E-state index contributed by atoms with van der Waals surface area (Å²) in [5, 5.41) is 8.51. The second-order valence-corrected chi connectivity index (χ2v) is 9.81. The molecule has 0 radical (unpaired) electrons. The van der Waals surface area contributed by atoms with Gasteiger partial charge >= 0.3 is 24.2 Å². The molecule has 0 N–H and O–H groups in total. The molecule has 40 heavy (non-hydrogen) atoms. The van der Waals surface area contributed by atoms with E-state index < -0.39 is 24.2 Å². The maximum atomic E-state index is 12.0. The van der Waals surface area contributed by atoms with E-state index in [2.05, 4.69) is 29.6 Å². The highest BCUT2D eigenvalue weighted by Crippen LogP contribution is 2.29. The summed E-state index contributed by atoms with van der Waals surface area (Å²) < 4.78 is 10.0. The van der Waals surface area contributed by atoms with Crippen molar-refractivity contribution in [2.24, 2.45) is 11.8 Å². The van der Waals surface area contributed by atoms with Gasteiger partial charge in [-0.1, -0.05) is 34.4 Å². The van der Waals surface area contributed by atoms with Crippen LogP contribution in [-0.4, -0.2) is 37.5 Å². The van der Waals surface area contributed by atoms with Crippen LogP contribution in [0.25, 0.3) is 0 Å². The highest BCUT2D eigenvalue weighted by Gasteiger charge is 2.25. The highest BCUT2D eigenvalue weighted by atomic mass is 17.5. The smallest absolute Gasteiger partial charge is 0.432 e. The van der Waals surface area contributed by atoms with Crippen LogP contribution in [-0.2, 0) is 39.1 Å². The maximum absolute atomic E-state index is 12.0. The fourth-order valence-corrected chi connectivity index (χ4v) is 4.42. The van der Waals surface area contributed by atoms with Gasteiger partial charge in [0, 0.05) is 0 Å². The standard InChI is InChI=1S/C28H32O12/c1-17-9-18(2)12-23(11-17)25(29)35-39-37-27(31)33-15-21-5-7-22(8-6-21)16-34-28(32)38-40-36-26(30)24-13-19(3)10-20(4)14-24/h9-14,21-22H,5-8,15-16H2,1-4H3. The van der Waals surface area contributed by atoms with Crippen molar-refractivity contribution in [3.63, 3.8) is 0 Å². The molecule has 12 nitrogen and oxygen atoms in total. The van der Waals surface area contributed by atoms with Crippen LogP contribution in [0.1, 0.15) is 68.7 Å². The fraction of sp³-hybridized carbons (Fsp3) is 0.429. The van der Waals surface area contributed by atoms with Crippen molar-refractivity contribution in [3.8, 4) is 0 Å². The molecule has 3 rings (SSSR count). The van der Waals surface area contributed by atoms with Crippen LogP contribution in [0.2, 0.25) is 0 Å². The molecule has 0 bridgehead atoms. The van der Waals surface area contributed by atoms with Crippen molar-refractivity contribution in [3.05, 3.63) is 69.8 Å². The third-order valence-electron chi connectivity index (χ3n) is 6.18. The SMILES string of the molecule is Cc1cc(C)cc(C(=O)OOOC(=O)OCC2CCC(COC(=O)OOOC(=O)c3cc(C)cc(C)c3)CC2)c1. The predicted octanol–water partition coefficient (Wildman–Crippen LogP) is 5.74. The van der Waals surface area contributed by atoms with E-state index in [1.54, 1.807) is 24.3 Å². The summed E-state index contributed by atoms with van der Waals surface area (Å²) in [6.07, 6.45) is 0.567. The molecule has 12 heteroatoms. The Labute approximate surface area is 231 Å². The van der Waals surface area contributed by atoms with E-state index in [0.29, 0.717) is 25.7 Å². The summed E-state index contributed by atoms with van der Waals surface area (Å²) in [5.74, 6) is -1.48. The minimum atomic E-state index is -1.14. The largest absolute Gasteiger partial charge is 0.543 e. The lowest BCUT2D eigenvalue weighted by Crippen LogP contribution is -2.24. The Morgan fingerprint density at radius 3 is 1.20 bits per heavy atom. The lowest BCUT2D eigenvalue weighted by atomic mass is 9.83. The first-order valence-electron chi connectivity index (χ1n) is 12.7. The minimum absolute atomic E-state index is 0.0709. The van der Waals surface area contributed by atoms with Crippen molar-refractivity contribution in [1.29, 1.82) is 0 Å². The van der Waals surface area contributed by atoms with Gasteiger partial charge in [0.25, 0.3) is 0 Å². The van der Waals surface area contributed by atoms with Crippen molar-refractivity contribution < 1.29 is 58.3 Å². The predicted molar refractivity (Wildman–Crippen MR) is 135 cm³/mol. The van der Waals surface area contributed by atoms with E-state index in [1.807, 2.05) is 39.8 Å². The molecule has 1 aliphatic rings. The first kappa shape index (κ1) is 30.4. The van der Waals surface area contributed by atoms with E-state index in [-0.39, 0.29) is 36.2 Å². The Morgan fingerprint density at radius 2 is 0.875 bits per heavy atom. The number of hydrogen-bond donors (Lipinski definition) is 0. The average Bonchev–Trinajstić information content (AvgIpc) is 2.90. The molecule has 0 spiro atoms. The van der Waals surface area contributed by atoms with Gasteiger partial charge in [0.1, 0.15) is 0 Å². The van der Waals surface area contributed by atoms with E-state index in [1.165, 1.54) is 0 Å². The molecular weight excluding hydrogens is 528 g/mol. The highest BCUT2D eigenvalue weighted by molar-refractivity contribution is 5.89. The Kier molecular flexibility index (Phi) is 11.3. The molecule has 0 unspecified atom stereocenters. The number of carbonyl (C=O) groups excluding carboxylic acids is 4. The molecule has 2 aromatic carbocycles. The summed E-state index contributed by atoms with van der Waals surface area (Å²) in [5.41, 5.74) is 3.99. The molecule has 216 valence electrons. The Bertz CT molecular complexity index is 1070. The first-order valence-corrected chi connectivity index (χ1v) is 12.7. The molecule has 1 saturated carbocycles.